The zero-order chi connectivity index (χ0) is 14.4. The lowest BCUT2D eigenvalue weighted by Gasteiger charge is -2.06. The Balaban J connectivity index is 1.96. The van der Waals surface area contributed by atoms with Crippen LogP contribution in [0.25, 0.3) is 0 Å². The number of anilines is 1. The number of nitrogens with one attached hydrogen (secondary N) is 2. The molecule has 2 N–H and O–H groups in total. The van der Waals surface area contributed by atoms with E-state index in [0.717, 1.165) is 5.56 Å². The maximum atomic E-state index is 12.0. The van der Waals surface area contributed by atoms with Gasteiger partial charge in [0.25, 0.3) is 0 Å². The highest BCUT2D eigenvalue weighted by molar-refractivity contribution is 7.89. The van der Waals surface area contributed by atoms with Gasteiger partial charge in [0.1, 0.15) is 4.90 Å². The fourth-order valence-corrected chi connectivity index (χ4v) is 2.56. The first-order valence-electron chi connectivity index (χ1n) is 6.15. The minimum Gasteiger partial charge on any atom is -0.357 e. The molecule has 0 aliphatic rings. The fourth-order valence-electron chi connectivity index (χ4n) is 1.64. The first kappa shape index (κ1) is 14.4. The van der Waals surface area contributed by atoms with Crippen molar-refractivity contribution in [2.45, 2.75) is 11.3 Å². The molecular weight excluding hydrogens is 276 g/mol. The van der Waals surface area contributed by atoms with Crippen molar-refractivity contribution >= 4 is 16.0 Å². The van der Waals surface area contributed by atoms with Gasteiger partial charge in [-0.05, 0) is 12.0 Å². The predicted molar refractivity (Wildman–Crippen MR) is 76.9 cm³/mol. The highest BCUT2D eigenvalue weighted by atomic mass is 32.2. The van der Waals surface area contributed by atoms with Gasteiger partial charge < -0.3 is 5.32 Å². The van der Waals surface area contributed by atoms with Crippen LogP contribution >= 0.6 is 0 Å². The molecule has 1 heterocycles. The Hall–Kier alpha value is -1.99. The summed E-state index contributed by atoms with van der Waals surface area (Å²) in [5.41, 5.74) is 1.08. The number of rotatable bonds is 6. The van der Waals surface area contributed by atoms with Gasteiger partial charge in [-0.15, -0.1) is 0 Å². The van der Waals surface area contributed by atoms with Crippen molar-refractivity contribution in [3.63, 3.8) is 0 Å². The lowest BCUT2D eigenvalue weighted by molar-refractivity contribution is 0.580. The van der Waals surface area contributed by atoms with Crippen molar-refractivity contribution in [3.05, 3.63) is 48.3 Å². The standard InChI is InChI=1S/C13H16N4O2S/c1-14-13-15-9-12(10-16-13)20(18,19)17-8-7-11-5-3-2-4-6-11/h2-6,9-10,17H,7-8H2,1H3,(H,14,15,16). The van der Waals surface area contributed by atoms with Crippen molar-refractivity contribution < 1.29 is 8.42 Å². The number of sulfonamides is 1. The van der Waals surface area contributed by atoms with Gasteiger partial charge in [0.05, 0.1) is 12.4 Å². The lowest BCUT2D eigenvalue weighted by atomic mass is 10.2. The summed E-state index contributed by atoms with van der Waals surface area (Å²) in [7, 11) is -1.89. The molecule has 0 bridgehead atoms. The molecule has 20 heavy (non-hydrogen) atoms. The molecule has 0 fully saturated rings. The maximum absolute atomic E-state index is 12.0. The lowest BCUT2D eigenvalue weighted by Crippen LogP contribution is -2.26. The van der Waals surface area contributed by atoms with Gasteiger partial charge in [0.2, 0.25) is 16.0 Å². The summed E-state index contributed by atoms with van der Waals surface area (Å²) in [5, 5.41) is 2.73. The van der Waals surface area contributed by atoms with E-state index in [1.54, 1.807) is 7.05 Å². The molecule has 2 aromatic rings. The van der Waals surface area contributed by atoms with E-state index in [1.165, 1.54) is 12.4 Å². The van der Waals surface area contributed by atoms with E-state index in [1.807, 2.05) is 30.3 Å². The number of nitrogens with zero attached hydrogens (tertiary/aromatic N) is 2. The summed E-state index contributed by atoms with van der Waals surface area (Å²) in [6, 6.07) is 9.69. The zero-order valence-corrected chi connectivity index (χ0v) is 11.9. The Morgan fingerprint density at radius 2 is 1.75 bits per heavy atom. The molecule has 6 nitrogen and oxygen atoms in total. The van der Waals surface area contributed by atoms with E-state index < -0.39 is 10.0 Å². The second kappa shape index (κ2) is 6.44. The summed E-state index contributed by atoms with van der Waals surface area (Å²) in [6.07, 6.45) is 3.20. The third-order valence-corrected chi connectivity index (χ3v) is 4.13. The van der Waals surface area contributed by atoms with Crippen molar-refractivity contribution in [3.8, 4) is 0 Å². The summed E-state index contributed by atoms with van der Waals surface area (Å²) < 4.78 is 26.6. The Labute approximate surface area is 118 Å². The van der Waals surface area contributed by atoms with E-state index >= 15 is 0 Å². The zero-order valence-electron chi connectivity index (χ0n) is 11.1. The van der Waals surface area contributed by atoms with Gasteiger partial charge in [-0.1, -0.05) is 30.3 Å². The smallest absolute Gasteiger partial charge is 0.243 e. The van der Waals surface area contributed by atoms with Gasteiger partial charge >= 0.3 is 0 Å². The summed E-state index contributed by atoms with van der Waals surface area (Å²) >= 11 is 0. The molecule has 0 saturated heterocycles. The van der Waals surface area contributed by atoms with Gasteiger partial charge in [-0.25, -0.2) is 23.1 Å². The van der Waals surface area contributed by atoms with Crippen LogP contribution in [-0.2, 0) is 16.4 Å². The van der Waals surface area contributed by atoms with Crippen LogP contribution in [0, 0.1) is 0 Å². The molecule has 0 atom stereocenters. The monoisotopic (exact) mass is 292 g/mol. The van der Waals surface area contributed by atoms with E-state index in [0.29, 0.717) is 18.9 Å². The van der Waals surface area contributed by atoms with E-state index in [2.05, 4.69) is 20.0 Å². The minimum atomic E-state index is -3.56. The highest BCUT2D eigenvalue weighted by Crippen LogP contribution is 2.07. The van der Waals surface area contributed by atoms with Crippen molar-refractivity contribution in [2.75, 3.05) is 18.9 Å². The van der Waals surface area contributed by atoms with Gasteiger partial charge in [-0.2, -0.15) is 0 Å². The Bertz CT molecular complexity index is 642. The molecular formula is C13H16N4O2S. The summed E-state index contributed by atoms with van der Waals surface area (Å²) in [5.74, 6) is 0.383. The largest absolute Gasteiger partial charge is 0.357 e. The van der Waals surface area contributed by atoms with Crippen LogP contribution in [-0.4, -0.2) is 32.0 Å². The van der Waals surface area contributed by atoms with Crippen LogP contribution in [0.2, 0.25) is 0 Å². The first-order chi connectivity index (χ1) is 9.62. The maximum Gasteiger partial charge on any atom is 0.243 e. The molecule has 1 aromatic heterocycles. The Morgan fingerprint density at radius 3 is 2.35 bits per heavy atom. The molecule has 106 valence electrons. The molecule has 2 rings (SSSR count). The molecule has 0 radical (unpaired) electrons. The van der Waals surface area contributed by atoms with E-state index in [4.69, 9.17) is 0 Å². The van der Waals surface area contributed by atoms with Crippen molar-refractivity contribution in [1.29, 1.82) is 0 Å². The third-order valence-electron chi connectivity index (χ3n) is 2.71. The van der Waals surface area contributed by atoms with Gasteiger partial charge in [-0.3, -0.25) is 0 Å². The Kier molecular flexibility index (Phi) is 4.65. The molecule has 0 unspecified atom stereocenters. The van der Waals surface area contributed by atoms with Crippen LogP contribution in [0.3, 0.4) is 0 Å². The van der Waals surface area contributed by atoms with E-state index in [-0.39, 0.29) is 4.90 Å². The molecule has 0 aliphatic heterocycles. The van der Waals surface area contributed by atoms with Gasteiger partial charge in [0, 0.05) is 13.6 Å². The molecule has 0 amide bonds. The average molecular weight is 292 g/mol. The summed E-state index contributed by atoms with van der Waals surface area (Å²) in [6.45, 7) is 0.333. The number of hydrogen-bond acceptors (Lipinski definition) is 5. The van der Waals surface area contributed by atoms with Crippen LogP contribution < -0.4 is 10.0 Å². The minimum absolute atomic E-state index is 0.0598. The van der Waals surface area contributed by atoms with Crippen molar-refractivity contribution in [1.82, 2.24) is 14.7 Å². The Morgan fingerprint density at radius 1 is 1.10 bits per heavy atom. The van der Waals surface area contributed by atoms with E-state index in [9.17, 15) is 8.42 Å². The SMILES string of the molecule is CNc1ncc(S(=O)(=O)NCCc2ccccc2)cn1. The second-order valence-electron chi connectivity index (χ2n) is 4.13. The van der Waals surface area contributed by atoms with Crippen molar-refractivity contribution in [2.24, 2.45) is 0 Å². The van der Waals surface area contributed by atoms with Crippen LogP contribution in [0.15, 0.2) is 47.6 Å². The van der Waals surface area contributed by atoms with Gasteiger partial charge in [0.15, 0.2) is 0 Å². The number of aromatic nitrogens is 2. The fraction of sp³-hybridized carbons (Fsp3) is 0.231. The second-order valence-corrected chi connectivity index (χ2v) is 5.89. The molecule has 0 spiro atoms. The quantitative estimate of drug-likeness (QED) is 0.831. The summed E-state index contributed by atoms with van der Waals surface area (Å²) in [4.78, 5) is 7.84. The van der Waals surface area contributed by atoms with Crippen LogP contribution in [0.4, 0.5) is 5.95 Å². The normalized spacial score (nSPS) is 11.2. The number of hydrogen-bond donors (Lipinski definition) is 2. The predicted octanol–water partition coefficient (Wildman–Crippen LogP) is 1.04. The topological polar surface area (TPSA) is 84.0 Å². The molecule has 0 saturated carbocycles. The average Bonchev–Trinajstić information content (AvgIpc) is 2.48. The van der Waals surface area contributed by atoms with Crippen LogP contribution in [0.5, 0.6) is 0 Å². The van der Waals surface area contributed by atoms with Crippen LogP contribution in [0.1, 0.15) is 5.56 Å². The molecule has 7 heteroatoms. The molecule has 0 aliphatic carbocycles. The third kappa shape index (κ3) is 3.75. The molecule has 1 aromatic carbocycles. The first-order valence-corrected chi connectivity index (χ1v) is 7.63. The highest BCUT2D eigenvalue weighted by Gasteiger charge is 2.14. The number of benzene rings is 1.